The van der Waals surface area contributed by atoms with Crippen molar-refractivity contribution in [2.45, 2.75) is 39.2 Å². The number of aliphatic hydroxyl groups is 1. The summed E-state index contributed by atoms with van der Waals surface area (Å²) in [7, 11) is 1.90. The lowest BCUT2D eigenvalue weighted by molar-refractivity contribution is -0.129. The van der Waals surface area contributed by atoms with E-state index < -0.39 is 5.60 Å². The van der Waals surface area contributed by atoms with Crippen molar-refractivity contribution in [3.8, 4) is 0 Å². The van der Waals surface area contributed by atoms with Crippen LogP contribution in [-0.4, -0.2) is 44.4 Å². The minimum Gasteiger partial charge on any atom is -0.390 e. The van der Waals surface area contributed by atoms with E-state index in [9.17, 15) is 9.90 Å². The summed E-state index contributed by atoms with van der Waals surface area (Å²) < 4.78 is 1.82. The van der Waals surface area contributed by atoms with Gasteiger partial charge in [-0.3, -0.25) is 9.48 Å². The van der Waals surface area contributed by atoms with Crippen LogP contribution in [0.1, 0.15) is 36.7 Å². The molecule has 0 unspecified atom stereocenters. The first-order valence-electron chi connectivity index (χ1n) is 7.00. The topological polar surface area (TPSA) is 58.4 Å². The fourth-order valence-electron chi connectivity index (χ4n) is 2.50. The van der Waals surface area contributed by atoms with Crippen LogP contribution in [0.2, 0.25) is 0 Å². The summed E-state index contributed by atoms with van der Waals surface area (Å²) in [5.41, 5.74) is 2.35. The molecule has 1 aliphatic rings. The second-order valence-electron chi connectivity index (χ2n) is 5.86. The predicted molar refractivity (Wildman–Crippen MR) is 78.2 cm³/mol. The van der Waals surface area contributed by atoms with Crippen molar-refractivity contribution in [1.29, 1.82) is 0 Å². The Labute approximate surface area is 119 Å². The average Bonchev–Trinajstić information content (AvgIpc) is 2.61. The van der Waals surface area contributed by atoms with E-state index >= 15 is 0 Å². The summed E-state index contributed by atoms with van der Waals surface area (Å²) in [6, 6.07) is 0. The lowest BCUT2D eigenvalue weighted by Gasteiger charge is -2.35. The maximum Gasteiger partial charge on any atom is 0.246 e. The average molecular weight is 277 g/mol. The summed E-state index contributed by atoms with van der Waals surface area (Å²) in [6.45, 7) is 6.98. The lowest BCUT2D eigenvalue weighted by atomic mass is 9.94. The Bertz CT molecular complexity index is 534. The fraction of sp³-hybridized carbons (Fsp3) is 0.600. The van der Waals surface area contributed by atoms with Crippen molar-refractivity contribution in [2.24, 2.45) is 7.05 Å². The van der Waals surface area contributed by atoms with Crippen LogP contribution in [0.25, 0.3) is 6.08 Å². The van der Waals surface area contributed by atoms with Gasteiger partial charge in [-0.15, -0.1) is 0 Å². The minimum atomic E-state index is -0.628. The number of aromatic nitrogens is 2. The van der Waals surface area contributed by atoms with Crippen LogP contribution in [0.5, 0.6) is 0 Å². The van der Waals surface area contributed by atoms with Crippen LogP contribution in [0, 0.1) is 13.8 Å². The summed E-state index contributed by atoms with van der Waals surface area (Å²) in [6.07, 6.45) is 4.72. The van der Waals surface area contributed by atoms with E-state index in [1.165, 1.54) is 0 Å². The molecule has 0 aliphatic carbocycles. The first kappa shape index (κ1) is 14.8. The zero-order valence-electron chi connectivity index (χ0n) is 12.7. The van der Waals surface area contributed by atoms with Gasteiger partial charge in [0.2, 0.25) is 5.91 Å². The van der Waals surface area contributed by atoms with Crippen LogP contribution in [0.15, 0.2) is 6.08 Å². The van der Waals surface area contributed by atoms with E-state index in [2.05, 4.69) is 5.10 Å². The predicted octanol–water partition coefficient (Wildman–Crippen LogP) is 1.42. The van der Waals surface area contributed by atoms with Gasteiger partial charge >= 0.3 is 0 Å². The van der Waals surface area contributed by atoms with Gasteiger partial charge in [0.15, 0.2) is 0 Å². The Morgan fingerprint density at radius 2 is 1.95 bits per heavy atom. The first-order valence-corrected chi connectivity index (χ1v) is 7.00. The molecule has 0 spiro atoms. The van der Waals surface area contributed by atoms with Crippen LogP contribution >= 0.6 is 0 Å². The number of aryl methyl sites for hydroxylation is 2. The highest BCUT2D eigenvalue weighted by Gasteiger charge is 2.28. The molecule has 0 bridgehead atoms. The van der Waals surface area contributed by atoms with Crippen molar-refractivity contribution in [2.75, 3.05) is 13.1 Å². The summed E-state index contributed by atoms with van der Waals surface area (Å²) in [5.74, 6) is 0.00292. The molecule has 1 amide bonds. The molecule has 5 nitrogen and oxygen atoms in total. The Kier molecular flexibility index (Phi) is 3.99. The number of amides is 1. The van der Waals surface area contributed by atoms with Crippen molar-refractivity contribution in [3.63, 3.8) is 0 Å². The maximum absolute atomic E-state index is 12.1. The van der Waals surface area contributed by atoms with E-state index in [1.54, 1.807) is 11.0 Å². The van der Waals surface area contributed by atoms with E-state index in [0.29, 0.717) is 25.9 Å². The number of carbonyl (C=O) groups excluding carboxylic acids is 1. The standard InChI is InChI=1S/C15H23N3O2/c1-11-13(12(2)17(4)16-11)5-6-14(19)18-9-7-15(3,20)8-10-18/h5-6,20H,7-10H2,1-4H3/b6-5+. The van der Waals surface area contributed by atoms with Gasteiger partial charge in [0, 0.05) is 37.5 Å². The summed E-state index contributed by atoms with van der Waals surface area (Å²) in [5, 5.41) is 14.2. The van der Waals surface area contributed by atoms with Gasteiger partial charge in [-0.05, 0) is 39.7 Å². The molecular weight excluding hydrogens is 254 g/mol. The molecule has 1 fully saturated rings. The smallest absolute Gasteiger partial charge is 0.246 e. The second kappa shape index (κ2) is 5.40. The number of likely N-dealkylation sites (tertiary alicyclic amines) is 1. The normalized spacial score (nSPS) is 18.8. The highest BCUT2D eigenvalue weighted by atomic mass is 16.3. The van der Waals surface area contributed by atoms with Crippen molar-refractivity contribution in [3.05, 3.63) is 23.0 Å². The van der Waals surface area contributed by atoms with Gasteiger partial charge in [-0.25, -0.2) is 0 Å². The molecule has 110 valence electrons. The molecule has 0 aromatic carbocycles. The van der Waals surface area contributed by atoms with Gasteiger partial charge in [0.05, 0.1) is 11.3 Å². The zero-order valence-corrected chi connectivity index (χ0v) is 12.7. The third-order valence-corrected chi connectivity index (χ3v) is 4.11. The van der Waals surface area contributed by atoms with Crippen LogP contribution in [-0.2, 0) is 11.8 Å². The second-order valence-corrected chi connectivity index (χ2v) is 5.86. The van der Waals surface area contributed by atoms with Crippen molar-refractivity contribution in [1.82, 2.24) is 14.7 Å². The number of rotatable bonds is 2. The van der Waals surface area contributed by atoms with Crippen LogP contribution in [0.4, 0.5) is 0 Å². The molecule has 1 N–H and O–H groups in total. The highest BCUT2D eigenvalue weighted by Crippen LogP contribution is 2.21. The van der Waals surface area contributed by atoms with Gasteiger partial charge in [-0.1, -0.05) is 0 Å². The largest absolute Gasteiger partial charge is 0.390 e. The Morgan fingerprint density at radius 1 is 1.35 bits per heavy atom. The van der Waals surface area contributed by atoms with Crippen LogP contribution < -0.4 is 0 Å². The van der Waals surface area contributed by atoms with Gasteiger partial charge < -0.3 is 10.0 Å². The third kappa shape index (κ3) is 3.10. The molecule has 20 heavy (non-hydrogen) atoms. The quantitative estimate of drug-likeness (QED) is 0.832. The van der Waals surface area contributed by atoms with Gasteiger partial charge in [0.25, 0.3) is 0 Å². The van der Waals surface area contributed by atoms with E-state index in [4.69, 9.17) is 0 Å². The molecule has 0 radical (unpaired) electrons. The molecule has 2 heterocycles. The Balaban J connectivity index is 2.03. The SMILES string of the molecule is Cc1nn(C)c(C)c1/C=C/C(=O)N1CCC(C)(O)CC1. The molecule has 5 heteroatoms. The monoisotopic (exact) mass is 277 g/mol. The van der Waals surface area contributed by atoms with Crippen molar-refractivity contribution < 1.29 is 9.90 Å². The number of hydrogen-bond donors (Lipinski definition) is 1. The molecular formula is C15H23N3O2. The summed E-state index contributed by atoms with van der Waals surface area (Å²) >= 11 is 0. The molecule has 2 rings (SSSR count). The maximum atomic E-state index is 12.1. The molecule has 1 aliphatic heterocycles. The molecule has 0 saturated carbocycles. The van der Waals surface area contributed by atoms with Crippen LogP contribution in [0.3, 0.4) is 0 Å². The molecule has 1 aromatic heterocycles. The number of hydrogen-bond acceptors (Lipinski definition) is 3. The lowest BCUT2D eigenvalue weighted by Crippen LogP contribution is -2.44. The first-order chi connectivity index (χ1) is 9.30. The zero-order chi connectivity index (χ0) is 14.9. The number of nitrogens with zero attached hydrogens (tertiary/aromatic N) is 3. The van der Waals surface area contributed by atoms with Gasteiger partial charge in [-0.2, -0.15) is 5.10 Å². The van der Waals surface area contributed by atoms with Crippen molar-refractivity contribution >= 4 is 12.0 Å². The fourth-order valence-corrected chi connectivity index (χ4v) is 2.50. The number of piperidine rings is 1. The Hall–Kier alpha value is -1.62. The van der Waals surface area contributed by atoms with E-state index in [1.807, 2.05) is 38.6 Å². The minimum absolute atomic E-state index is 0.00292. The molecule has 0 atom stereocenters. The highest BCUT2D eigenvalue weighted by molar-refractivity contribution is 5.92. The number of carbonyl (C=O) groups is 1. The Morgan fingerprint density at radius 3 is 2.45 bits per heavy atom. The summed E-state index contributed by atoms with van der Waals surface area (Å²) in [4.78, 5) is 13.9. The van der Waals surface area contributed by atoms with E-state index in [-0.39, 0.29) is 5.91 Å². The molecule has 1 saturated heterocycles. The third-order valence-electron chi connectivity index (χ3n) is 4.11. The van der Waals surface area contributed by atoms with E-state index in [0.717, 1.165) is 17.0 Å². The van der Waals surface area contributed by atoms with Gasteiger partial charge in [0.1, 0.15) is 0 Å². The molecule has 1 aromatic rings.